The van der Waals surface area contributed by atoms with Gasteiger partial charge in [0.2, 0.25) is 20.8 Å². The van der Waals surface area contributed by atoms with Crippen LogP contribution in [0.2, 0.25) is 0 Å². The molecular formula is C4H8Li2O8S2. The van der Waals surface area contributed by atoms with Crippen molar-refractivity contribution in [2.45, 2.75) is 19.4 Å². The van der Waals surface area contributed by atoms with E-state index < -0.39 is 33.5 Å². The van der Waals surface area contributed by atoms with Crippen molar-refractivity contribution in [1.29, 1.82) is 0 Å². The molecule has 0 radical (unpaired) electrons. The van der Waals surface area contributed by atoms with Gasteiger partial charge in [0.1, 0.15) is 0 Å². The molecular weight excluding hydrogens is 254 g/mol. The van der Waals surface area contributed by atoms with Gasteiger partial charge in [-0.05, 0) is 13.3 Å². The summed E-state index contributed by atoms with van der Waals surface area (Å²) >= 11 is 0. The fourth-order valence-electron chi connectivity index (χ4n) is 0.565. The molecule has 0 saturated heterocycles. The first kappa shape index (κ1) is 22.1. The van der Waals surface area contributed by atoms with Crippen LogP contribution in [0.1, 0.15) is 13.3 Å². The molecule has 0 fully saturated rings. The molecule has 0 aromatic heterocycles. The normalized spacial score (nSPS) is 13.4. The molecule has 0 aliphatic carbocycles. The molecule has 1 atom stereocenters. The Morgan fingerprint density at radius 1 is 1.06 bits per heavy atom. The van der Waals surface area contributed by atoms with E-state index in [1.54, 1.807) is 0 Å². The van der Waals surface area contributed by atoms with Crippen molar-refractivity contribution in [2.24, 2.45) is 0 Å². The van der Waals surface area contributed by atoms with Crippen molar-refractivity contribution in [1.82, 2.24) is 0 Å². The second-order valence-electron chi connectivity index (χ2n) is 2.33. The first-order chi connectivity index (χ1) is 6.10. The van der Waals surface area contributed by atoms with Crippen LogP contribution in [-0.2, 0) is 29.2 Å². The first-order valence-electron chi connectivity index (χ1n) is 3.34. The molecule has 0 heterocycles. The molecule has 0 N–H and O–H groups in total. The summed E-state index contributed by atoms with van der Waals surface area (Å²) in [5, 5.41) is 0. The van der Waals surface area contributed by atoms with Gasteiger partial charge in [-0.3, -0.25) is 8.37 Å². The Morgan fingerprint density at radius 3 is 1.81 bits per heavy atom. The summed E-state index contributed by atoms with van der Waals surface area (Å²) in [6, 6.07) is 0. The third-order valence-corrected chi connectivity index (χ3v) is 2.05. The predicted molar refractivity (Wildman–Crippen MR) is 40.5 cm³/mol. The maximum absolute atomic E-state index is 10.0. The van der Waals surface area contributed by atoms with E-state index in [0.717, 1.165) is 0 Å². The number of hydrogen-bond donors (Lipinski definition) is 0. The van der Waals surface area contributed by atoms with E-state index >= 15 is 0 Å². The van der Waals surface area contributed by atoms with E-state index in [1.165, 1.54) is 6.92 Å². The molecule has 0 amide bonds. The van der Waals surface area contributed by atoms with E-state index in [0.29, 0.717) is 0 Å². The number of hydrogen-bond acceptors (Lipinski definition) is 8. The quantitative estimate of drug-likeness (QED) is 0.262. The van der Waals surface area contributed by atoms with Crippen LogP contribution >= 0.6 is 0 Å². The van der Waals surface area contributed by atoms with Gasteiger partial charge in [0.05, 0.1) is 12.7 Å². The van der Waals surface area contributed by atoms with Crippen molar-refractivity contribution >= 4 is 20.8 Å². The molecule has 12 heteroatoms. The van der Waals surface area contributed by atoms with Crippen LogP contribution in [0.5, 0.6) is 0 Å². The Kier molecular flexibility index (Phi) is 12.4. The molecule has 8 nitrogen and oxygen atoms in total. The Balaban J connectivity index is -0.000000845. The van der Waals surface area contributed by atoms with Crippen molar-refractivity contribution in [3.63, 3.8) is 0 Å². The zero-order chi connectivity index (χ0) is 11.4. The van der Waals surface area contributed by atoms with Gasteiger partial charge in [-0.15, -0.1) is 0 Å². The van der Waals surface area contributed by atoms with Crippen LogP contribution in [0.25, 0.3) is 0 Å². The van der Waals surface area contributed by atoms with Crippen molar-refractivity contribution < 1.29 is 72.0 Å². The second kappa shape index (κ2) is 8.94. The van der Waals surface area contributed by atoms with E-state index in [9.17, 15) is 25.9 Å². The minimum absolute atomic E-state index is 0. The fraction of sp³-hybridized carbons (Fsp3) is 1.00. The smallest absolute Gasteiger partial charge is 0.726 e. The molecule has 86 valence electrons. The molecule has 0 rings (SSSR count). The Bertz CT molecular complexity index is 361. The molecule has 0 aliphatic rings. The summed E-state index contributed by atoms with van der Waals surface area (Å²) in [6.07, 6.45) is -1.25. The Morgan fingerprint density at radius 2 is 1.50 bits per heavy atom. The van der Waals surface area contributed by atoms with Crippen LogP contribution in [-0.4, -0.2) is 38.7 Å². The van der Waals surface area contributed by atoms with Crippen molar-refractivity contribution in [3.05, 3.63) is 0 Å². The first-order valence-corrected chi connectivity index (χ1v) is 6.01. The van der Waals surface area contributed by atoms with E-state index in [-0.39, 0.29) is 44.1 Å². The molecule has 0 spiro atoms. The third kappa shape index (κ3) is 17.3. The Labute approximate surface area is 118 Å². The van der Waals surface area contributed by atoms with Gasteiger partial charge in [-0.1, -0.05) is 0 Å². The zero-order valence-corrected chi connectivity index (χ0v) is 10.7. The maximum Gasteiger partial charge on any atom is 1.00 e. The summed E-state index contributed by atoms with van der Waals surface area (Å²) in [6.45, 7) is 0.679. The van der Waals surface area contributed by atoms with Gasteiger partial charge >= 0.3 is 37.7 Å². The SMILES string of the molecule is CC(CCOS(=O)(=O)[O-])OS(=O)(=O)[O-].[Li+].[Li+]. The average Bonchev–Trinajstić information content (AvgIpc) is 1.78. The molecule has 0 bridgehead atoms. The average molecular weight is 262 g/mol. The molecule has 0 saturated carbocycles. The summed E-state index contributed by atoms with van der Waals surface area (Å²) < 4.78 is 67.4. The topological polar surface area (TPSA) is 133 Å². The summed E-state index contributed by atoms with van der Waals surface area (Å²) in [7, 11) is -9.62. The van der Waals surface area contributed by atoms with Gasteiger partial charge in [0, 0.05) is 0 Å². The van der Waals surface area contributed by atoms with Crippen LogP contribution in [0, 0.1) is 0 Å². The summed E-state index contributed by atoms with van der Waals surface area (Å²) in [4.78, 5) is 0. The van der Waals surface area contributed by atoms with Crippen LogP contribution < -0.4 is 37.7 Å². The molecule has 1 unspecified atom stereocenters. The maximum atomic E-state index is 10.0. The Hall–Kier alpha value is 0.935. The second-order valence-corrected chi connectivity index (χ2v) is 4.40. The minimum Gasteiger partial charge on any atom is -0.726 e. The molecule has 0 aliphatic heterocycles. The largest absolute Gasteiger partial charge is 1.00 e. The van der Waals surface area contributed by atoms with Crippen molar-refractivity contribution in [3.8, 4) is 0 Å². The van der Waals surface area contributed by atoms with Gasteiger partial charge < -0.3 is 9.11 Å². The van der Waals surface area contributed by atoms with Crippen LogP contribution in [0.4, 0.5) is 0 Å². The van der Waals surface area contributed by atoms with Gasteiger partial charge in [-0.25, -0.2) is 16.8 Å². The zero-order valence-electron chi connectivity index (χ0n) is 9.07. The van der Waals surface area contributed by atoms with Crippen LogP contribution in [0.3, 0.4) is 0 Å². The monoisotopic (exact) mass is 262 g/mol. The standard InChI is InChI=1S/C4H10O8S2.2Li/c1-4(12-14(8,9)10)2-3-11-13(5,6)7;;/h4H,2-3H2,1H3,(H,5,6,7)(H,8,9,10);;/q;2*+1/p-2. The molecule has 0 aromatic carbocycles. The van der Waals surface area contributed by atoms with E-state index in [2.05, 4.69) is 8.37 Å². The molecule has 16 heavy (non-hydrogen) atoms. The van der Waals surface area contributed by atoms with E-state index in [1.807, 2.05) is 0 Å². The van der Waals surface area contributed by atoms with Gasteiger partial charge in [0.25, 0.3) is 0 Å². The van der Waals surface area contributed by atoms with Crippen molar-refractivity contribution in [2.75, 3.05) is 6.61 Å². The van der Waals surface area contributed by atoms with Gasteiger partial charge in [-0.2, -0.15) is 0 Å². The van der Waals surface area contributed by atoms with Gasteiger partial charge in [0.15, 0.2) is 0 Å². The molecule has 0 aromatic rings. The van der Waals surface area contributed by atoms with Crippen LogP contribution in [0.15, 0.2) is 0 Å². The third-order valence-electron chi connectivity index (χ3n) is 1.03. The fourth-order valence-corrected chi connectivity index (χ4v) is 1.36. The summed E-state index contributed by atoms with van der Waals surface area (Å²) in [5.74, 6) is 0. The predicted octanol–water partition coefficient (Wildman–Crippen LogP) is -7.27. The summed E-state index contributed by atoms with van der Waals surface area (Å²) in [5.41, 5.74) is 0. The number of rotatable bonds is 6. The van der Waals surface area contributed by atoms with E-state index in [4.69, 9.17) is 0 Å². The minimum atomic E-state index is -4.82.